The molecule has 1 amide bonds. The number of carboxylic acid groups (broad SMARTS) is 1. The SMILES string of the molecule is C=CCS(=O)(=O)C1(OC)C=CC(N2CCN(C(=O)OC(C)(C)C)CC2C(=O)O)=CC1. The van der Waals surface area contributed by atoms with Crippen molar-refractivity contribution in [2.75, 3.05) is 32.5 Å². The Morgan fingerprint density at radius 2 is 2.03 bits per heavy atom. The second-order valence-corrected chi connectivity index (χ2v) is 10.5. The maximum absolute atomic E-state index is 12.6. The number of amides is 1. The Balaban J connectivity index is 2.20. The Labute approximate surface area is 177 Å². The Hall–Kier alpha value is -2.33. The third-order valence-corrected chi connectivity index (χ3v) is 7.16. The van der Waals surface area contributed by atoms with Gasteiger partial charge >= 0.3 is 12.1 Å². The van der Waals surface area contributed by atoms with E-state index in [1.807, 2.05) is 0 Å². The minimum absolute atomic E-state index is 0.0421. The van der Waals surface area contributed by atoms with Gasteiger partial charge in [0.1, 0.15) is 11.6 Å². The molecule has 1 aliphatic heterocycles. The molecule has 2 rings (SSSR count). The van der Waals surface area contributed by atoms with E-state index in [4.69, 9.17) is 9.47 Å². The summed E-state index contributed by atoms with van der Waals surface area (Å²) in [6.07, 6.45) is 5.45. The van der Waals surface area contributed by atoms with Gasteiger partial charge in [-0.2, -0.15) is 0 Å². The average Bonchev–Trinajstić information content (AvgIpc) is 2.66. The van der Waals surface area contributed by atoms with Crippen molar-refractivity contribution in [2.45, 2.75) is 43.8 Å². The van der Waals surface area contributed by atoms with Crippen molar-refractivity contribution in [3.8, 4) is 0 Å². The standard InChI is InChI=1S/C20H30N2O7S/c1-6-13-30(26,27)20(28-5)9-7-15(8-10-20)22-12-11-21(14-16(22)17(23)24)18(25)29-19(2,3)4/h6-9,16H,1,10-14H2,2-5H3,(H,23,24). The lowest BCUT2D eigenvalue weighted by Gasteiger charge is -2.42. The molecule has 0 aromatic carbocycles. The van der Waals surface area contributed by atoms with Gasteiger partial charge in [-0.15, -0.1) is 6.58 Å². The lowest BCUT2D eigenvalue weighted by atomic mass is 10.0. The van der Waals surface area contributed by atoms with Gasteiger partial charge in [0.25, 0.3) is 0 Å². The first kappa shape index (κ1) is 23.9. The smallest absolute Gasteiger partial charge is 0.410 e. The number of piperazine rings is 1. The Kier molecular flexibility index (Phi) is 7.03. The molecule has 0 radical (unpaired) electrons. The van der Waals surface area contributed by atoms with Crippen LogP contribution in [0.2, 0.25) is 0 Å². The molecule has 30 heavy (non-hydrogen) atoms. The van der Waals surface area contributed by atoms with E-state index in [0.29, 0.717) is 5.70 Å². The monoisotopic (exact) mass is 442 g/mol. The topological polar surface area (TPSA) is 113 Å². The zero-order valence-corrected chi connectivity index (χ0v) is 18.6. The number of sulfone groups is 1. The minimum Gasteiger partial charge on any atom is -0.480 e. The number of allylic oxidation sites excluding steroid dienone is 1. The van der Waals surface area contributed by atoms with Gasteiger partial charge < -0.3 is 24.4 Å². The number of carboxylic acids is 1. The molecule has 0 saturated carbocycles. The fraction of sp³-hybridized carbons (Fsp3) is 0.600. The molecule has 0 aromatic heterocycles. The predicted molar refractivity (Wildman–Crippen MR) is 112 cm³/mol. The normalized spacial score (nSPS) is 24.9. The summed E-state index contributed by atoms with van der Waals surface area (Å²) >= 11 is 0. The molecule has 0 bridgehead atoms. The van der Waals surface area contributed by atoms with Crippen LogP contribution in [0.15, 0.2) is 36.6 Å². The van der Waals surface area contributed by atoms with Crippen LogP contribution in [-0.4, -0.2) is 84.5 Å². The second kappa shape index (κ2) is 8.81. The van der Waals surface area contributed by atoms with Crippen molar-refractivity contribution < 1.29 is 32.6 Å². The lowest BCUT2D eigenvalue weighted by Crippen LogP contribution is -2.58. The highest BCUT2D eigenvalue weighted by molar-refractivity contribution is 7.92. The van der Waals surface area contributed by atoms with Gasteiger partial charge in [0.2, 0.25) is 0 Å². The quantitative estimate of drug-likeness (QED) is 0.619. The molecule has 10 heteroatoms. The summed E-state index contributed by atoms with van der Waals surface area (Å²) < 4.78 is 35.8. The van der Waals surface area contributed by atoms with Gasteiger partial charge in [0, 0.05) is 32.3 Å². The summed E-state index contributed by atoms with van der Waals surface area (Å²) in [4.78, 5) is 25.7. The first-order valence-corrected chi connectivity index (χ1v) is 11.3. The first-order valence-electron chi connectivity index (χ1n) is 9.61. The van der Waals surface area contributed by atoms with Crippen LogP contribution in [0, 0.1) is 0 Å². The van der Waals surface area contributed by atoms with Gasteiger partial charge in [-0.3, -0.25) is 0 Å². The minimum atomic E-state index is -3.64. The number of hydrogen-bond acceptors (Lipinski definition) is 7. The number of hydrogen-bond donors (Lipinski definition) is 1. The zero-order chi connectivity index (χ0) is 22.7. The molecular formula is C20H30N2O7S. The third kappa shape index (κ3) is 5.04. The molecule has 0 spiro atoms. The number of carbonyl (C=O) groups is 2. The molecule has 1 heterocycles. The van der Waals surface area contributed by atoms with E-state index in [1.54, 1.807) is 37.8 Å². The number of carbonyl (C=O) groups excluding carboxylic acids is 1. The number of rotatable bonds is 6. The molecule has 2 atom stereocenters. The Morgan fingerprint density at radius 3 is 2.50 bits per heavy atom. The molecule has 0 aromatic rings. The Morgan fingerprint density at radius 1 is 1.37 bits per heavy atom. The summed E-state index contributed by atoms with van der Waals surface area (Å²) in [7, 11) is -2.32. The number of ether oxygens (including phenoxy) is 2. The summed E-state index contributed by atoms with van der Waals surface area (Å²) in [6, 6.07) is -0.984. The lowest BCUT2D eigenvalue weighted by molar-refractivity contribution is -0.144. The highest BCUT2D eigenvalue weighted by Gasteiger charge is 2.43. The van der Waals surface area contributed by atoms with Crippen molar-refractivity contribution in [1.29, 1.82) is 0 Å². The fourth-order valence-electron chi connectivity index (χ4n) is 3.41. The van der Waals surface area contributed by atoms with Crippen LogP contribution in [0.1, 0.15) is 27.2 Å². The van der Waals surface area contributed by atoms with Gasteiger partial charge in [-0.05, 0) is 32.9 Å². The zero-order valence-electron chi connectivity index (χ0n) is 17.8. The summed E-state index contributed by atoms with van der Waals surface area (Å²) in [5.74, 6) is -1.32. The van der Waals surface area contributed by atoms with Gasteiger partial charge in [0.05, 0.1) is 12.3 Å². The second-order valence-electron chi connectivity index (χ2n) is 8.23. The highest BCUT2D eigenvalue weighted by Crippen LogP contribution is 2.33. The van der Waals surface area contributed by atoms with Gasteiger partial charge in [0.15, 0.2) is 14.8 Å². The van der Waals surface area contributed by atoms with Crippen LogP contribution in [-0.2, 0) is 24.1 Å². The molecule has 1 N–H and O–H groups in total. The molecule has 1 fully saturated rings. The van der Waals surface area contributed by atoms with Crippen molar-refractivity contribution in [3.63, 3.8) is 0 Å². The molecule has 1 aliphatic carbocycles. The van der Waals surface area contributed by atoms with E-state index in [0.717, 1.165) is 0 Å². The third-order valence-electron chi connectivity index (χ3n) is 4.96. The van der Waals surface area contributed by atoms with Crippen LogP contribution in [0.4, 0.5) is 4.79 Å². The van der Waals surface area contributed by atoms with E-state index in [1.165, 1.54) is 24.2 Å². The number of nitrogens with zero attached hydrogens (tertiary/aromatic N) is 2. The van der Waals surface area contributed by atoms with Gasteiger partial charge in [-0.1, -0.05) is 12.2 Å². The van der Waals surface area contributed by atoms with Crippen LogP contribution in [0.25, 0.3) is 0 Å². The average molecular weight is 443 g/mol. The van der Waals surface area contributed by atoms with E-state index in [9.17, 15) is 23.1 Å². The summed E-state index contributed by atoms with van der Waals surface area (Å²) in [6.45, 7) is 9.23. The summed E-state index contributed by atoms with van der Waals surface area (Å²) in [5.41, 5.74) is -0.102. The number of aliphatic carboxylic acids is 1. The largest absolute Gasteiger partial charge is 0.480 e. The molecule has 168 valence electrons. The summed E-state index contributed by atoms with van der Waals surface area (Å²) in [5, 5.41) is 9.72. The molecular weight excluding hydrogens is 412 g/mol. The molecule has 9 nitrogen and oxygen atoms in total. The molecule has 2 unspecified atom stereocenters. The van der Waals surface area contributed by atoms with Crippen molar-refractivity contribution in [1.82, 2.24) is 9.80 Å². The van der Waals surface area contributed by atoms with Gasteiger partial charge in [-0.25, -0.2) is 18.0 Å². The van der Waals surface area contributed by atoms with E-state index < -0.39 is 38.5 Å². The van der Waals surface area contributed by atoms with Crippen molar-refractivity contribution in [2.24, 2.45) is 0 Å². The van der Waals surface area contributed by atoms with E-state index in [2.05, 4.69) is 6.58 Å². The van der Waals surface area contributed by atoms with Crippen LogP contribution >= 0.6 is 0 Å². The number of methoxy groups -OCH3 is 1. The fourth-order valence-corrected chi connectivity index (χ4v) is 4.87. The highest BCUT2D eigenvalue weighted by atomic mass is 32.2. The van der Waals surface area contributed by atoms with Crippen molar-refractivity contribution >= 4 is 21.9 Å². The van der Waals surface area contributed by atoms with E-state index >= 15 is 0 Å². The maximum atomic E-state index is 12.6. The van der Waals surface area contributed by atoms with Crippen LogP contribution in [0.3, 0.4) is 0 Å². The predicted octanol–water partition coefficient (Wildman–Crippen LogP) is 1.78. The van der Waals surface area contributed by atoms with E-state index in [-0.39, 0.29) is 31.8 Å². The molecule has 2 aliphatic rings. The Bertz CT molecular complexity index is 857. The van der Waals surface area contributed by atoms with Crippen LogP contribution in [0.5, 0.6) is 0 Å². The molecule has 1 saturated heterocycles. The van der Waals surface area contributed by atoms with Crippen molar-refractivity contribution in [3.05, 3.63) is 36.6 Å². The first-order chi connectivity index (χ1) is 13.9. The van der Waals surface area contributed by atoms with Crippen LogP contribution < -0.4 is 0 Å². The maximum Gasteiger partial charge on any atom is 0.410 e.